The molecule has 4 heteroatoms. The predicted octanol–water partition coefficient (Wildman–Crippen LogP) is 0.620. The van der Waals surface area contributed by atoms with Crippen LogP contribution in [0.15, 0.2) is 0 Å². The summed E-state index contributed by atoms with van der Waals surface area (Å²) in [5.74, 6) is 0.401. The summed E-state index contributed by atoms with van der Waals surface area (Å²) >= 11 is 0. The van der Waals surface area contributed by atoms with Crippen LogP contribution in [0.1, 0.15) is 19.3 Å². The van der Waals surface area contributed by atoms with E-state index < -0.39 is 11.3 Å². The molecule has 0 aromatic carbocycles. The SMILES string of the molecule is Cl.NCC1(O)CC2CC1(F)C2. The largest absolute Gasteiger partial charge is 0.385 e. The summed E-state index contributed by atoms with van der Waals surface area (Å²) < 4.78 is 13.4. The van der Waals surface area contributed by atoms with Crippen LogP contribution in [-0.4, -0.2) is 22.9 Å². The van der Waals surface area contributed by atoms with E-state index >= 15 is 0 Å². The first kappa shape index (κ1) is 9.23. The molecule has 1 atom stereocenters. The fourth-order valence-electron chi connectivity index (χ4n) is 2.31. The number of fused-ring (bicyclic) bond motifs is 1. The Morgan fingerprint density at radius 3 is 2.18 bits per heavy atom. The van der Waals surface area contributed by atoms with Crippen molar-refractivity contribution < 1.29 is 9.50 Å². The third-order valence-electron chi connectivity index (χ3n) is 3.02. The Morgan fingerprint density at radius 1 is 1.45 bits per heavy atom. The van der Waals surface area contributed by atoms with Gasteiger partial charge in [-0.1, -0.05) is 0 Å². The zero-order chi connectivity index (χ0) is 7.41. The minimum atomic E-state index is -1.33. The first-order valence-electron chi connectivity index (χ1n) is 3.71. The highest BCUT2D eigenvalue weighted by Crippen LogP contribution is 2.59. The summed E-state index contributed by atoms with van der Waals surface area (Å²) in [7, 11) is 0. The molecule has 11 heavy (non-hydrogen) atoms. The van der Waals surface area contributed by atoms with Crippen LogP contribution in [0.4, 0.5) is 4.39 Å². The number of halogens is 2. The van der Waals surface area contributed by atoms with E-state index in [2.05, 4.69) is 0 Å². The van der Waals surface area contributed by atoms with Gasteiger partial charge in [0.05, 0.1) is 0 Å². The van der Waals surface area contributed by atoms with Crippen LogP contribution in [0, 0.1) is 5.92 Å². The Kier molecular flexibility index (Phi) is 1.94. The quantitative estimate of drug-likeness (QED) is 0.623. The second-order valence-corrected chi connectivity index (χ2v) is 3.68. The van der Waals surface area contributed by atoms with Gasteiger partial charge < -0.3 is 10.8 Å². The van der Waals surface area contributed by atoms with Gasteiger partial charge in [0.15, 0.2) is 0 Å². The van der Waals surface area contributed by atoms with E-state index in [0.29, 0.717) is 25.2 Å². The molecule has 0 saturated heterocycles. The zero-order valence-corrected chi connectivity index (χ0v) is 7.03. The summed E-state index contributed by atoms with van der Waals surface area (Å²) in [6, 6.07) is 0. The van der Waals surface area contributed by atoms with Gasteiger partial charge in [0, 0.05) is 6.54 Å². The fraction of sp³-hybridized carbons (Fsp3) is 1.00. The maximum absolute atomic E-state index is 13.4. The van der Waals surface area contributed by atoms with Gasteiger partial charge in [-0.2, -0.15) is 0 Å². The molecular formula is C7H13ClFNO. The maximum Gasteiger partial charge on any atom is 0.141 e. The lowest BCUT2D eigenvalue weighted by molar-refractivity contribution is -0.0820. The minimum Gasteiger partial charge on any atom is -0.385 e. The van der Waals surface area contributed by atoms with E-state index in [4.69, 9.17) is 5.73 Å². The normalized spacial score (nSPS) is 53.2. The van der Waals surface area contributed by atoms with E-state index in [1.807, 2.05) is 0 Å². The van der Waals surface area contributed by atoms with Crippen molar-refractivity contribution in [1.82, 2.24) is 0 Å². The molecule has 0 aromatic heterocycles. The minimum absolute atomic E-state index is 0. The van der Waals surface area contributed by atoms with Crippen LogP contribution < -0.4 is 5.73 Å². The molecule has 0 heterocycles. The summed E-state index contributed by atoms with van der Waals surface area (Å²) in [6.07, 6.45) is 1.63. The number of rotatable bonds is 1. The monoisotopic (exact) mass is 181 g/mol. The molecule has 2 bridgehead atoms. The number of alkyl halides is 1. The number of hydrogen-bond acceptors (Lipinski definition) is 2. The van der Waals surface area contributed by atoms with Crippen molar-refractivity contribution in [3.63, 3.8) is 0 Å². The van der Waals surface area contributed by atoms with Crippen LogP contribution in [0.3, 0.4) is 0 Å². The molecule has 0 amide bonds. The molecule has 0 aliphatic heterocycles. The summed E-state index contributed by atoms with van der Waals surface area (Å²) in [6.45, 7) is 0.0694. The van der Waals surface area contributed by atoms with Gasteiger partial charge in [-0.3, -0.25) is 0 Å². The predicted molar refractivity (Wildman–Crippen MR) is 42.4 cm³/mol. The lowest BCUT2D eigenvalue weighted by Gasteiger charge is -2.37. The number of hydrogen-bond donors (Lipinski definition) is 2. The zero-order valence-electron chi connectivity index (χ0n) is 6.22. The lowest BCUT2D eigenvalue weighted by Crippen LogP contribution is -2.52. The highest BCUT2D eigenvalue weighted by atomic mass is 35.5. The Balaban J connectivity index is 0.000000605. The van der Waals surface area contributed by atoms with Gasteiger partial charge in [-0.25, -0.2) is 4.39 Å². The van der Waals surface area contributed by atoms with Gasteiger partial charge in [-0.05, 0) is 25.2 Å². The molecule has 0 aromatic rings. The Hall–Kier alpha value is 0.140. The van der Waals surface area contributed by atoms with E-state index in [9.17, 15) is 9.50 Å². The second kappa shape index (κ2) is 2.31. The smallest absolute Gasteiger partial charge is 0.141 e. The molecule has 3 aliphatic carbocycles. The van der Waals surface area contributed by atoms with Gasteiger partial charge >= 0.3 is 0 Å². The highest BCUT2D eigenvalue weighted by Gasteiger charge is 2.66. The van der Waals surface area contributed by atoms with E-state index in [1.54, 1.807) is 0 Å². The third-order valence-corrected chi connectivity index (χ3v) is 3.02. The lowest BCUT2D eigenvalue weighted by atomic mass is 9.78. The van der Waals surface area contributed by atoms with Crippen molar-refractivity contribution in [2.75, 3.05) is 6.54 Å². The molecule has 3 rings (SSSR count). The van der Waals surface area contributed by atoms with Gasteiger partial charge in [0.2, 0.25) is 0 Å². The topological polar surface area (TPSA) is 46.2 Å². The van der Waals surface area contributed by atoms with Crippen molar-refractivity contribution in [3.05, 3.63) is 0 Å². The average Bonchev–Trinajstić information content (AvgIpc) is 2.17. The van der Waals surface area contributed by atoms with Crippen molar-refractivity contribution >= 4 is 12.4 Å². The van der Waals surface area contributed by atoms with Crippen LogP contribution in [-0.2, 0) is 0 Å². The number of nitrogens with two attached hydrogens (primary N) is 1. The van der Waals surface area contributed by atoms with Crippen molar-refractivity contribution in [1.29, 1.82) is 0 Å². The maximum atomic E-state index is 13.4. The third kappa shape index (κ3) is 0.912. The van der Waals surface area contributed by atoms with Crippen LogP contribution in [0.2, 0.25) is 0 Å². The molecule has 3 N–H and O–H groups in total. The van der Waals surface area contributed by atoms with Crippen molar-refractivity contribution in [3.8, 4) is 0 Å². The molecular weight excluding hydrogens is 169 g/mol. The van der Waals surface area contributed by atoms with Crippen molar-refractivity contribution in [2.45, 2.75) is 30.5 Å². The van der Waals surface area contributed by atoms with Crippen LogP contribution in [0.25, 0.3) is 0 Å². The van der Waals surface area contributed by atoms with E-state index in [-0.39, 0.29) is 19.0 Å². The first-order chi connectivity index (χ1) is 4.60. The fourth-order valence-corrected chi connectivity index (χ4v) is 2.31. The highest BCUT2D eigenvalue weighted by molar-refractivity contribution is 5.85. The molecule has 3 saturated carbocycles. The van der Waals surface area contributed by atoms with Gasteiger partial charge in [0.1, 0.15) is 11.3 Å². The summed E-state index contributed by atoms with van der Waals surface area (Å²) in [5, 5.41) is 9.57. The second-order valence-electron chi connectivity index (χ2n) is 3.68. The van der Waals surface area contributed by atoms with Crippen molar-refractivity contribution in [2.24, 2.45) is 11.7 Å². The molecule has 66 valence electrons. The van der Waals surface area contributed by atoms with Crippen LogP contribution in [0.5, 0.6) is 0 Å². The molecule has 3 fully saturated rings. The van der Waals surface area contributed by atoms with Gasteiger partial charge in [0.25, 0.3) is 0 Å². The Morgan fingerprint density at radius 2 is 2.00 bits per heavy atom. The number of aliphatic hydroxyl groups is 1. The molecule has 0 spiro atoms. The molecule has 3 aliphatic rings. The first-order valence-corrected chi connectivity index (χ1v) is 3.71. The summed E-state index contributed by atoms with van der Waals surface area (Å²) in [4.78, 5) is 0. The summed E-state index contributed by atoms with van der Waals surface area (Å²) in [5.41, 5.74) is 2.77. The Bertz CT molecular complexity index is 172. The van der Waals surface area contributed by atoms with E-state index in [0.717, 1.165) is 0 Å². The van der Waals surface area contributed by atoms with Crippen LogP contribution >= 0.6 is 12.4 Å². The molecule has 1 unspecified atom stereocenters. The average molecular weight is 182 g/mol. The molecule has 2 nitrogen and oxygen atoms in total. The standard InChI is InChI=1S/C7H12FNO.ClH/c8-6-1-5(2-6)3-7(6,10)4-9;/h5,10H,1-4,9H2;1H. The molecule has 0 radical (unpaired) electrons. The van der Waals surface area contributed by atoms with E-state index in [1.165, 1.54) is 0 Å². The Labute approximate surface area is 71.4 Å². The van der Waals surface area contributed by atoms with Gasteiger partial charge in [-0.15, -0.1) is 12.4 Å².